The summed E-state index contributed by atoms with van der Waals surface area (Å²) in [6.45, 7) is 0.794. The molecule has 34 heavy (non-hydrogen) atoms. The Labute approximate surface area is 202 Å². The van der Waals surface area contributed by atoms with Crippen LogP contribution >= 0.6 is 11.6 Å². The highest BCUT2D eigenvalue weighted by Gasteiger charge is 2.25. The van der Waals surface area contributed by atoms with E-state index in [2.05, 4.69) is 31.2 Å². The van der Waals surface area contributed by atoms with Gasteiger partial charge in [-0.15, -0.1) is 5.10 Å². The summed E-state index contributed by atoms with van der Waals surface area (Å²) >= 11 is 5.95. The average Bonchev–Trinajstić information content (AvgIpc) is 3.54. The minimum atomic E-state index is -0.327. The number of aromatic nitrogens is 4. The smallest absolute Gasteiger partial charge is 0.276 e. The van der Waals surface area contributed by atoms with Gasteiger partial charge in [-0.2, -0.15) is 0 Å². The Morgan fingerprint density at radius 2 is 1.79 bits per heavy atom. The Hall–Kier alpha value is -2.95. The Morgan fingerprint density at radius 3 is 2.53 bits per heavy atom. The number of nitrogens with zero attached hydrogens (tertiary/aromatic N) is 4. The van der Waals surface area contributed by atoms with E-state index in [1.165, 1.54) is 0 Å². The molecule has 0 aromatic carbocycles. The standard InChI is InChI=1S/C23H29ClN8O2/c24-20-11-17(7-8-26-20)30-23(34)19-13-27-22-18(28-15-5-6-15)12-21(31-32(19)22)29-16-3-1-14(2-4-16)25-9-10-33/h7-8,11-16,25,28,33H,1-6,9-10H2,(H,29,31)(H,26,30,34)/t14-,16-. The molecule has 0 radical (unpaired) electrons. The molecule has 0 saturated heterocycles. The van der Waals surface area contributed by atoms with Crippen LogP contribution in [0.1, 0.15) is 49.0 Å². The number of halogens is 1. The molecule has 0 atom stereocenters. The molecular formula is C23H29ClN8O2. The lowest BCUT2D eigenvalue weighted by molar-refractivity contribution is 0.102. The van der Waals surface area contributed by atoms with E-state index in [4.69, 9.17) is 21.8 Å². The number of carbonyl (C=O) groups excluding carboxylic acids is 1. The highest BCUT2D eigenvalue weighted by atomic mass is 35.5. The second kappa shape index (κ2) is 10.1. The number of aliphatic hydroxyl groups is 1. The maximum Gasteiger partial charge on any atom is 0.276 e. The van der Waals surface area contributed by atoms with Crippen molar-refractivity contribution < 1.29 is 9.90 Å². The van der Waals surface area contributed by atoms with Gasteiger partial charge in [0.05, 0.1) is 18.5 Å². The zero-order chi connectivity index (χ0) is 23.5. The fraction of sp³-hybridized carbons (Fsp3) is 0.478. The molecule has 0 unspecified atom stereocenters. The van der Waals surface area contributed by atoms with Gasteiger partial charge in [0.25, 0.3) is 5.91 Å². The van der Waals surface area contributed by atoms with Crippen molar-refractivity contribution in [2.45, 2.75) is 56.7 Å². The molecular weight excluding hydrogens is 456 g/mol. The number of carbonyl (C=O) groups is 1. The Morgan fingerprint density at radius 1 is 1.06 bits per heavy atom. The summed E-state index contributed by atoms with van der Waals surface area (Å²) in [5, 5.41) is 27.4. The highest BCUT2D eigenvalue weighted by molar-refractivity contribution is 6.29. The summed E-state index contributed by atoms with van der Waals surface area (Å²) in [6, 6.07) is 6.43. The predicted octanol–water partition coefficient (Wildman–Crippen LogP) is 2.91. The number of imidazole rings is 1. The number of hydrogen-bond acceptors (Lipinski definition) is 8. The summed E-state index contributed by atoms with van der Waals surface area (Å²) in [4.78, 5) is 21.5. The Balaban J connectivity index is 1.36. The van der Waals surface area contributed by atoms with Crippen LogP contribution in [0.3, 0.4) is 0 Å². The number of rotatable bonds is 9. The molecule has 3 heterocycles. The second-order valence-corrected chi connectivity index (χ2v) is 9.32. The quantitative estimate of drug-likeness (QED) is 0.293. The van der Waals surface area contributed by atoms with E-state index < -0.39 is 0 Å². The van der Waals surface area contributed by atoms with Crippen LogP contribution in [0.5, 0.6) is 0 Å². The molecule has 0 spiro atoms. The molecule has 180 valence electrons. The molecule has 0 bridgehead atoms. The number of pyridine rings is 1. The summed E-state index contributed by atoms with van der Waals surface area (Å²) in [6.07, 6.45) is 9.43. The highest BCUT2D eigenvalue weighted by Crippen LogP contribution is 2.30. The predicted molar refractivity (Wildman–Crippen MR) is 132 cm³/mol. The third kappa shape index (κ3) is 5.40. The first kappa shape index (κ1) is 22.8. The minimum absolute atomic E-state index is 0.161. The largest absolute Gasteiger partial charge is 0.395 e. The molecule has 1 amide bonds. The molecule has 3 aromatic rings. The first-order chi connectivity index (χ1) is 16.6. The SMILES string of the molecule is O=C(Nc1ccnc(Cl)c1)c1cnc2c(NC3CC3)cc(N[C@H]3CC[C@H](NCCO)CC3)nn12. The number of anilines is 3. The maximum absolute atomic E-state index is 13.0. The van der Waals surface area contributed by atoms with Crippen molar-refractivity contribution >= 4 is 40.3 Å². The Kier molecular flexibility index (Phi) is 6.80. The lowest BCUT2D eigenvalue weighted by Crippen LogP contribution is -2.38. The van der Waals surface area contributed by atoms with Crippen LogP contribution in [0.4, 0.5) is 17.2 Å². The summed E-state index contributed by atoms with van der Waals surface area (Å²) in [7, 11) is 0. The topological polar surface area (TPSA) is 128 Å². The fourth-order valence-electron chi connectivity index (χ4n) is 4.34. The number of hydrogen-bond donors (Lipinski definition) is 5. The van der Waals surface area contributed by atoms with Crippen molar-refractivity contribution in [3.8, 4) is 0 Å². The van der Waals surface area contributed by atoms with Gasteiger partial charge in [-0.25, -0.2) is 14.5 Å². The van der Waals surface area contributed by atoms with Crippen LogP contribution in [0.25, 0.3) is 5.65 Å². The monoisotopic (exact) mass is 484 g/mol. The van der Waals surface area contributed by atoms with Crippen molar-refractivity contribution in [2.24, 2.45) is 0 Å². The number of nitrogens with one attached hydrogen (secondary N) is 4. The molecule has 5 rings (SSSR count). The van der Waals surface area contributed by atoms with Crippen molar-refractivity contribution in [1.29, 1.82) is 0 Å². The van der Waals surface area contributed by atoms with Gasteiger partial charge in [0.2, 0.25) is 0 Å². The molecule has 11 heteroatoms. The maximum atomic E-state index is 13.0. The van der Waals surface area contributed by atoms with Crippen LogP contribution in [-0.2, 0) is 0 Å². The zero-order valence-corrected chi connectivity index (χ0v) is 19.6. The van der Waals surface area contributed by atoms with Crippen molar-refractivity contribution in [3.63, 3.8) is 0 Å². The third-order valence-electron chi connectivity index (χ3n) is 6.25. The number of aliphatic hydroxyl groups excluding tert-OH is 1. The van der Waals surface area contributed by atoms with E-state index in [1.54, 1.807) is 29.0 Å². The van der Waals surface area contributed by atoms with Crippen LogP contribution in [0.2, 0.25) is 5.15 Å². The molecule has 2 saturated carbocycles. The van der Waals surface area contributed by atoms with E-state index in [0.717, 1.165) is 44.2 Å². The number of fused-ring (bicyclic) bond motifs is 1. The summed E-state index contributed by atoms with van der Waals surface area (Å²) in [5.74, 6) is 0.383. The van der Waals surface area contributed by atoms with Gasteiger partial charge in [-0.3, -0.25) is 4.79 Å². The van der Waals surface area contributed by atoms with Crippen molar-refractivity contribution in [1.82, 2.24) is 24.9 Å². The number of amides is 1. The van der Waals surface area contributed by atoms with E-state index in [-0.39, 0.29) is 12.5 Å². The zero-order valence-electron chi connectivity index (χ0n) is 18.8. The normalized spacial score (nSPS) is 20.3. The van der Waals surface area contributed by atoms with E-state index in [0.29, 0.717) is 52.7 Å². The van der Waals surface area contributed by atoms with Gasteiger partial charge in [0.1, 0.15) is 11.0 Å². The third-order valence-corrected chi connectivity index (χ3v) is 6.45. The van der Waals surface area contributed by atoms with E-state index >= 15 is 0 Å². The molecule has 2 fully saturated rings. The molecule has 2 aliphatic carbocycles. The van der Waals surface area contributed by atoms with Crippen LogP contribution < -0.4 is 21.3 Å². The van der Waals surface area contributed by atoms with E-state index in [9.17, 15) is 4.79 Å². The lowest BCUT2D eigenvalue weighted by atomic mass is 9.91. The van der Waals surface area contributed by atoms with Gasteiger partial charge >= 0.3 is 0 Å². The fourth-order valence-corrected chi connectivity index (χ4v) is 4.52. The summed E-state index contributed by atoms with van der Waals surface area (Å²) < 4.78 is 1.60. The van der Waals surface area contributed by atoms with Crippen molar-refractivity contribution in [3.05, 3.63) is 41.4 Å². The molecule has 5 N–H and O–H groups in total. The van der Waals surface area contributed by atoms with Crippen LogP contribution in [0.15, 0.2) is 30.6 Å². The van der Waals surface area contributed by atoms with Gasteiger partial charge in [-0.1, -0.05) is 11.6 Å². The first-order valence-electron chi connectivity index (χ1n) is 11.8. The minimum Gasteiger partial charge on any atom is -0.395 e. The van der Waals surface area contributed by atoms with Gasteiger partial charge in [0.15, 0.2) is 11.3 Å². The lowest BCUT2D eigenvalue weighted by Gasteiger charge is -2.30. The van der Waals surface area contributed by atoms with Crippen molar-refractivity contribution in [2.75, 3.05) is 29.1 Å². The van der Waals surface area contributed by atoms with Crippen LogP contribution in [-0.4, -0.2) is 61.9 Å². The van der Waals surface area contributed by atoms with E-state index in [1.807, 2.05) is 6.07 Å². The first-order valence-corrected chi connectivity index (χ1v) is 12.2. The second-order valence-electron chi connectivity index (χ2n) is 8.93. The Bertz CT molecular complexity index is 1160. The van der Waals surface area contributed by atoms with Gasteiger partial charge in [0, 0.05) is 42.6 Å². The van der Waals surface area contributed by atoms with Gasteiger partial charge in [-0.05, 0) is 50.7 Å². The molecule has 0 aliphatic heterocycles. The average molecular weight is 485 g/mol. The summed E-state index contributed by atoms with van der Waals surface area (Å²) in [5.41, 5.74) is 2.37. The molecule has 10 nitrogen and oxygen atoms in total. The van der Waals surface area contributed by atoms with Crippen LogP contribution in [0, 0.1) is 0 Å². The molecule has 2 aliphatic rings. The van der Waals surface area contributed by atoms with Gasteiger partial charge < -0.3 is 26.4 Å². The molecule has 3 aromatic heterocycles.